The van der Waals surface area contributed by atoms with Crippen molar-refractivity contribution in [2.45, 2.75) is 0 Å². The Morgan fingerprint density at radius 2 is 1.65 bits per heavy atom. The van der Waals surface area contributed by atoms with E-state index >= 15 is 0 Å². The largest absolute Gasteiger partial charge is 0.280 e. The standard InChI is InChI=1S/C17H14ClNO3S/c18-17(20)10-9-15-7-4-8-16(13-15)19-23(21,22)12-11-14-5-2-1-3-6-14/h1-13,19H. The number of anilines is 1. The number of hydrogen-bond acceptors (Lipinski definition) is 3. The Hall–Kier alpha value is -2.37. The van der Waals surface area contributed by atoms with Gasteiger partial charge in [-0.2, -0.15) is 0 Å². The van der Waals surface area contributed by atoms with Gasteiger partial charge in [-0.3, -0.25) is 9.52 Å². The SMILES string of the molecule is O=C(Cl)C=Cc1cccc(NS(=O)(=O)C=Cc2ccccc2)c1. The molecule has 0 amide bonds. The molecule has 0 saturated carbocycles. The van der Waals surface area contributed by atoms with Crippen molar-refractivity contribution in [2.24, 2.45) is 0 Å². The number of hydrogen-bond donors (Lipinski definition) is 1. The predicted molar refractivity (Wildman–Crippen MR) is 94.4 cm³/mol. The highest BCUT2D eigenvalue weighted by atomic mass is 35.5. The highest BCUT2D eigenvalue weighted by Crippen LogP contribution is 2.15. The number of halogens is 1. The Kier molecular flexibility index (Phi) is 5.73. The van der Waals surface area contributed by atoms with E-state index in [-0.39, 0.29) is 0 Å². The third-order valence-corrected chi connectivity index (χ3v) is 3.93. The van der Waals surface area contributed by atoms with Crippen molar-refractivity contribution in [3.63, 3.8) is 0 Å². The van der Waals surface area contributed by atoms with Gasteiger partial charge in [-0.25, -0.2) is 8.42 Å². The zero-order valence-electron chi connectivity index (χ0n) is 12.0. The van der Waals surface area contributed by atoms with E-state index in [1.807, 2.05) is 18.2 Å². The van der Waals surface area contributed by atoms with Crippen molar-refractivity contribution in [1.29, 1.82) is 0 Å². The van der Waals surface area contributed by atoms with Crippen LogP contribution in [0.3, 0.4) is 0 Å². The lowest BCUT2D eigenvalue weighted by Crippen LogP contribution is -2.08. The minimum absolute atomic E-state index is 0.395. The minimum Gasteiger partial charge on any atom is -0.280 e. The average Bonchev–Trinajstić information content (AvgIpc) is 2.52. The Balaban J connectivity index is 2.13. The van der Waals surface area contributed by atoms with Crippen LogP contribution in [0.1, 0.15) is 11.1 Å². The number of carbonyl (C=O) groups excluding carboxylic acids is 1. The molecule has 0 unspecified atom stereocenters. The van der Waals surface area contributed by atoms with Gasteiger partial charge in [0.2, 0.25) is 5.24 Å². The van der Waals surface area contributed by atoms with E-state index in [9.17, 15) is 13.2 Å². The van der Waals surface area contributed by atoms with Gasteiger partial charge < -0.3 is 0 Å². The minimum atomic E-state index is -3.63. The predicted octanol–water partition coefficient (Wildman–Crippen LogP) is 3.88. The second-order valence-electron chi connectivity index (χ2n) is 4.62. The summed E-state index contributed by atoms with van der Waals surface area (Å²) in [4.78, 5) is 10.7. The zero-order chi connectivity index (χ0) is 16.7. The molecule has 0 aromatic heterocycles. The Morgan fingerprint density at radius 3 is 2.35 bits per heavy atom. The fraction of sp³-hybridized carbons (Fsp3) is 0. The van der Waals surface area contributed by atoms with E-state index in [4.69, 9.17) is 11.6 Å². The number of nitrogens with one attached hydrogen (secondary N) is 1. The van der Waals surface area contributed by atoms with Crippen LogP contribution >= 0.6 is 11.6 Å². The van der Waals surface area contributed by atoms with Crippen molar-refractivity contribution >= 4 is 44.7 Å². The van der Waals surface area contributed by atoms with E-state index in [0.717, 1.165) is 11.0 Å². The van der Waals surface area contributed by atoms with Gasteiger partial charge in [0.05, 0.1) is 5.41 Å². The van der Waals surface area contributed by atoms with Gasteiger partial charge in [0.25, 0.3) is 10.0 Å². The molecule has 0 aliphatic carbocycles. The Morgan fingerprint density at radius 1 is 0.957 bits per heavy atom. The van der Waals surface area contributed by atoms with Crippen LogP contribution in [-0.4, -0.2) is 13.7 Å². The van der Waals surface area contributed by atoms with E-state index in [1.165, 1.54) is 18.2 Å². The number of benzene rings is 2. The first-order valence-corrected chi connectivity index (χ1v) is 8.61. The third-order valence-electron chi connectivity index (χ3n) is 2.79. The lowest BCUT2D eigenvalue weighted by atomic mass is 10.2. The highest BCUT2D eigenvalue weighted by Gasteiger charge is 2.05. The molecule has 0 aliphatic heterocycles. The second kappa shape index (κ2) is 7.76. The van der Waals surface area contributed by atoms with Crippen LogP contribution in [0.5, 0.6) is 0 Å². The Labute approximate surface area is 140 Å². The molecule has 0 heterocycles. The first kappa shape index (κ1) is 17.0. The van der Waals surface area contributed by atoms with Crippen LogP contribution in [0, 0.1) is 0 Å². The molecule has 2 rings (SSSR count). The average molecular weight is 348 g/mol. The molecular formula is C17H14ClNO3S. The molecule has 0 radical (unpaired) electrons. The van der Waals surface area contributed by atoms with Gasteiger partial charge in [0.15, 0.2) is 0 Å². The molecule has 0 saturated heterocycles. The first-order chi connectivity index (χ1) is 10.9. The zero-order valence-corrected chi connectivity index (χ0v) is 13.6. The summed E-state index contributed by atoms with van der Waals surface area (Å²) in [6, 6.07) is 15.8. The van der Waals surface area contributed by atoms with Crippen molar-refractivity contribution in [3.8, 4) is 0 Å². The first-order valence-electron chi connectivity index (χ1n) is 6.68. The van der Waals surface area contributed by atoms with E-state index in [2.05, 4.69) is 4.72 Å². The monoisotopic (exact) mass is 347 g/mol. The molecule has 118 valence electrons. The maximum Gasteiger partial charge on any atom is 0.255 e. The summed E-state index contributed by atoms with van der Waals surface area (Å²) in [7, 11) is -3.63. The quantitative estimate of drug-likeness (QED) is 0.637. The van der Waals surface area contributed by atoms with Crippen molar-refractivity contribution in [2.75, 3.05) is 4.72 Å². The fourth-order valence-corrected chi connectivity index (χ4v) is 2.72. The topological polar surface area (TPSA) is 63.2 Å². The molecular weight excluding hydrogens is 334 g/mol. The number of carbonyl (C=O) groups is 1. The summed E-state index contributed by atoms with van der Waals surface area (Å²) in [5.41, 5.74) is 1.84. The summed E-state index contributed by atoms with van der Waals surface area (Å²) < 4.78 is 26.6. The summed E-state index contributed by atoms with van der Waals surface area (Å²) in [6.45, 7) is 0. The van der Waals surface area contributed by atoms with Gasteiger partial charge in [-0.15, -0.1) is 0 Å². The van der Waals surface area contributed by atoms with E-state index in [0.29, 0.717) is 11.3 Å². The summed E-state index contributed by atoms with van der Waals surface area (Å²) >= 11 is 5.23. The molecule has 4 nitrogen and oxygen atoms in total. The fourth-order valence-electron chi connectivity index (χ4n) is 1.80. The van der Waals surface area contributed by atoms with E-state index in [1.54, 1.807) is 36.4 Å². The Bertz CT molecular complexity index is 843. The molecule has 0 fully saturated rings. The van der Waals surface area contributed by atoms with E-state index < -0.39 is 15.3 Å². The molecule has 0 atom stereocenters. The number of sulfonamides is 1. The second-order valence-corrected chi connectivity index (χ2v) is 6.56. The maximum absolute atomic E-state index is 12.1. The lowest BCUT2D eigenvalue weighted by molar-refractivity contribution is -0.107. The summed E-state index contributed by atoms with van der Waals surface area (Å²) in [5.74, 6) is 0. The van der Waals surface area contributed by atoms with Crippen LogP contribution in [0.15, 0.2) is 66.1 Å². The van der Waals surface area contributed by atoms with Gasteiger partial charge in [-0.05, 0) is 47.0 Å². The van der Waals surface area contributed by atoms with Crippen LogP contribution in [0.4, 0.5) is 5.69 Å². The normalized spacial score (nSPS) is 11.9. The smallest absolute Gasteiger partial charge is 0.255 e. The number of allylic oxidation sites excluding steroid dienone is 1. The summed E-state index contributed by atoms with van der Waals surface area (Å²) in [5, 5.41) is 0.509. The molecule has 0 spiro atoms. The lowest BCUT2D eigenvalue weighted by Gasteiger charge is -2.05. The van der Waals surface area contributed by atoms with Crippen LogP contribution in [0.2, 0.25) is 0 Å². The molecule has 1 N–H and O–H groups in total. The van der Waals surface area contributed by atoms with Crippen LogP contribution in [0.25, 0.3) is 12.2 Å². The number of rotatable bonds is 6. The van der Waals surface area contributed by atoms with Gasteiger partial charge in [-0.1, -0.05) is 48.5 Å². The molecule has 0 bridgehead atoms. The summed E-state index contributed by atoms with van der Waals surface area (Å²) in [6.07, 6.45) is 4.22. The van der Waals surface area contributed by atoms with Gasteiger partial charge >= 0.3 is 0 Å². The highest BCUT2D eigenvalue weighted by molar-refractivity contribution is 7.95. The maximum atomic E-state index is 12.1. The van der Waals surface area contributed by atoms with Crippen LogP contribution < -0.4 is 4.72 Å². The van der Waals surface area contributed by atoms with Gasteiger partial charge in [0, 0.05) is 5.69 Å². The molecule has 6 heteroatoms. The van der Waals surface area contributed by atoms with Crippen molar-refractivity contribution in [1.82, 2.24) is 0 Å². The van der Waals surface area contributed by atoms with Crippen molar-refractivity contribution in [3.05, 3.63) is 77.2 Å². The molecule has 0 aliphatic rings. The molecule has 2 aromatic rings. The van der Waals surface area contributed by atoms with Gasteiger partial charge in [0.1, 0.15) is 0 Å². The van der Waals surface area contributed by atoms with Crippen molar-refractivity contribution < 1.29 is 13.2 Å². The molecule has 23 heavy (non-hydrogen) atoms. The van der Waals surface area contributed by atoms with Crippen LogP contribution in [-0.2, 0) is 14.8 Å². The third kappa shape index (κ3) is 6.10. The molecule has 2 aromatic carbocycles.